The van der Waals surface area contributed by atoms with Crippen molar-refractivity contribution in [1.29, 1.82) is 0 Å². The highest BCUT2D eigenvalue weighted by Gasteiger charge is 2.37. The van der Waals surface area contributed by atoms with Crippen molar-refractivity contribution in [2.45, 2.75) is 50.0 Å². The summed E-state index contributed by atoms with van der Waals surface area (Å²) < 4.78 is 42.0. The molecule has 1 saturated carbocycles. The van der Waals surface area contributed by atoms with E-state index in [1.807, 2.05) is 20.8 Å². The third-order valence-electron chi connectivity index (χ3n) is 5.46. The molecule has 12 heteroatoms. The number of aromatic nitrogens is 3. The molecular weight excluding hydrogens is 528 g/mol. The Hall–Kier alpha value is -3.77. The van der Waals surface area contributed by atoms with Crippen LogP contribution in [0.5, 0.6) is 23.1 Å². The molecule has 1 fully saturated rings. The Bertz CT molecular complexity index is 1580. The quantitative estimate of drug-likeness (QED) is 0.279. The number of benzene rings is 1. The number of carbonyl (C=O) groups excluding carboxylic acids is 1. The van der Waals surface area contributed by atoms with Crippen molar-refractivity contribution in [3.05, 3.63) is 54.2 Å². The van der Waals surface area contributed by atoms with Crippen molar-refractivity contribution in [3.8, 4) is 23.1 Å². The highest BCUT2D eigenvalue weighted by Crippen LogP contribution is 2.34. The molecule has 0 saturated heterocycles. The van der Waals surface area contributed by atoms with E-state index in [-0.39, 0.29) is 16.4 Å². The van der Waals surface area contributed by atoms with E-state index >= 15 is 0 Å². The van der Waals surface area contributed by atoms with Crippen molar-refractivity contribution in [1.82, 2.24) is 15.0 Å². The van der Waals surface area contributed by atoms with Crippen LogP contribution in [0.2, 0.25) is 0 Å². The topological polar surface area (TPSA) is 130 Å². The van der Waals surface area contributed by atoms with E-state index in [4.69, 9.17) is 14.2 Å². The van der Waals surface area contributed by atoms with Crippen molar-refractivity contribution in [2.24, 2.45) is 0 Å². The Labute approximate surface area is 223 Å². The van der Waals surface area contributed by atoms with Crippen LogP contribution in [-0.4, -0.2) is 47.2 Å². The van der Waals surface area contributed by atoms with Gasteiger partial charge >= 0.3 is 0 Å². The van der Waals surface area contributed by atoms with Crippen molar-refractivity contribution in [3.63, 3.8) is 0 Å². The lowest BCUT2D eigenvalue weighted by Crippen LogP contribution is -2.13. The number of nitrogens with one attached hydrogen (secondary N) is 1. The number of anilines is 1. The van der Waals surface area contributed by atoms with Crippen LogP contribution < -0.4 is 19.5 Å². The summed E-state index contributed by atoms with van der Waals surface area (Å²) in [6.07, 6.45) is 2.55. The maximum Gasteiger partial charge on any atom is 0.257 e. The van der Waals surface area contributed by atoms with Crippen LogP contribution in [0.15, 0.2) is 53.7 Å². The van der Waals surface area contributed by atoms with Crippen molar-refractivity contribution in [2.75, 3.05) is 11.9 Å². The molecule has 3 heterocycles. The zero-order valence-corrected chi connectivity index (χ0v) is 22.6. The van der Waals surface area contributed by atoms with Crippen LogP contribution in [0.1, 0.15) is 44.0 Å². The fourth-order valence-electron chi connectivity index (χ4n) is 3.63. The number of thiazole rings is 1. The van der Waals surface area contributed by atoms with E-state index in [1.165, 1.54) is 23.6 Å². The lowest BCUT2D eigenvalue weighted by atomic mass is 10.2. The molecule has 1 aromatic carbocycles. The maximum atomic E-state index is 13.1. The normalized spacial score (nSPS) is 13.5. The lowest BCUT2D eigenvalue weighted by Gasteiger charge is -2.14. The van der Waals surface area contributed by atoms with Crippen LogP contribution in [0.25, 0.3) is 10.3 Å². The van der Waals surface area contributed by atoms with Gasteiger partial charge in [-0.1, -0.05) is 11.3 Å². The molecule has 1 aliphatic carbocycles. The van der Waals surface area contributed by atoms with Gasteiger partial charge in [0.2, 0.25) is 5.88 Å². The first-order chi connectivity index (χ1) is 18.2. The van der Waals surface area contributed by atoms with E-state index in [1.54, 1.807) is 36.4 Å². The van der Waals surface area contributed by atoms with Gasteiger partial charge in [-0.25, -0.2) is 23.4 Å². The number of carbonyl (C=O) groups is 1. The van der Waals surface area contributed by atoms with Crippen LogP contribution in [0, 0.1) is 0 Å². The molecule has 10 nitrogen and oxygen atoms in total. The molecule has 198 valence electrons. The van der Waals surface area contributed by atoms with Gasteiger partial charge in [0.05, 0.1) is 24.2 Å². The molecule has 0 spiro atoms. The largest absolute Gasteiger partial charge is 0.491 e. The summed E-state index contributed by atoms with van der Waals surface area (Å²) in [5, 5.41) is 2.89. The second-order valence-electron chi connectivity index (χ2n) is 8.92. The molecule has 5 rings (SSSR count). The maximum absolute atomic E-state index is 13.1. The molecule has 38 heavy (non-hydrogen) atoms. The summed E-state index contributed by atoms with van der Waals surface area (Å²) in [4.78, 5) is 26.7. The standard InChI is InChI=1S/C26H26N4O6S2/c1-4-34-22-9-8-21-25(29-22)37-26(28-21)30-24(31)16-11-18(35-15(2)3)13-19(12-16)36-17-5-10-23(27-14-17)38(32,33)20-6-7-20/h5,8-15,20H,4,6-7H2,1-3H3,(H,28,30,31). The molecule has 3 aromatic heterocycles. The van der Waals surface area contributed by atoms with Gasteiger partial charge in [-0.15, -0.1) is 0 Å². The lowest BCUT2D eigenvalue weighted by molar-refractivity contribution is 0.102. The van der Waals surface area contributed by atoms with E-state index in [2.05, 4.69) is 20.3 Å². The fourth-order valence-corrected chi connectivity index (χ4v) is 6.01. The van der Waals surface area contributed by atoms with E-state index in [0.29, 0.717) is 63.6 Å². The fraction of sp³-hybridized carbons (Fsp3) is 0.308. The summed E-state index contributed by atoms with van der Waals surface area (Å²) in [6, 6.07) is 11.3. The molecule has 0 radical (unpaired) electrons. The molecule has 1 N–H and O–H groups in total. The highest BCUT2D eigenvalue weighted by molar-refractivity contribution is 7.92. The zero-order chi connectivity index (χ0) is 26.9. The Balaban J connectivity index is 1.37. The summed E-state index contributed by atoms with van der Waals surface area (Å²) in [6.45, 7) is 6.13. The molecular formula is C26H26N4O6S2. The monoisotopic (exact) mass is 554 g/mol. The van der Waals surface area contributed by atoms with Gasteiger partial charge in [0.25, 0.3) is 5.91 Å². The van der Waals surface area contributed by atoms with Crippen LogP contribution >= 0.6 is 11.3 Å². The minimum atomic E-state index is -3.39. The van der Waals surface area contributed by atoms with E-state index < -0.39 is 15.7 Å². The van der Waals surface area contributed by atoms with Gasteiger partial charge < -0.3 is 14.2 Å². The Morgan fingerprint density at radius 3 is 2.55 bits per heavy atom. The first-order valence-corrected chi connectivity index (χ1v) is 14.5. The first-order valence-electron chi connectivity index (χ1n) is 12.1. The number of amides is 1. The summed E-state index contributed by atoms with van der Waals surface area (Å²) in [5.74, 6) is 1.19. The Kier molecular flexibility index (Phi) is 7.17. The van der Waals surface area contributed by atoms with Crippen molar-refractivity contribution >= 4 is 42.6 Å². The number of hydrogen-bond acceptors (Lipinski definition) is 10. The average Bonchev–Trinajstić information content (AvgIpc) is 3.66. The smallest absolute Gasteiger partial charge is 0.257 e. The van der Waals surface area contributed by atoms with Crippen LogP contribution in [0.3, 0.4) is 0 Å². The number of rotatable bonds is 10. The molecule has 0 bridgehead atoms. The second-order valence-corrected chi connectivity index (χ2v) is 12.1. The molecule has 0 atom stereocenters. The van der Waals surface area contributed by atoms with Gasteiger partial charge in [0.1, 0.15) is 27.6 Å². The number of ether oxygens (including phenoxy) is 3. The zero-order valence-electron chi connectivity index (χ0n) is 21.0. The predicted molar refractivity (Wildman–Crippen MR) is 143 cm³/mol. The van der Waals surface area contributed by atoms with Crippen LogP contribution in [-0.2, 0) is 9.84 Å². The molecule has 0 unspecified atom stereocenters. The number of pyridine rings is 2. The Morgan fingerprint density at radius 1 is 1.08 bits per heavy atom. The van der Waals surface area contributed by atoms with E-state index in [9.17, 15) is 13.2 Å². The average molecular weight is 555 g/mol. The molecule has 0 aliphatic heterocycles. The number of nitrogens with zero attached hydrogens (tertiary/aromatic N) is 3. The summed E-state index contributed by atoms with van der Waals surface area (Å²) in [7, 11) is -3.39. The minimum Gasteiger partial charge on any atom is -0.491 e. The van der Waals surface area contributed by atoms with Crippen molar-refractivity contribution < 1.29 is 27.4 Å². The molecule has 1 aliphatic rings. The summed E-state index contributed by atoms with van der Waals surface area (Å²) >= 11 is 1.24. The van der Waals surface area contributed by atoms with E-state index in [0.717, 1.165) is 0 Å². The number of sulfone groups is 1. The molecule has 4 aromatic rings. The third kappa shape index (κ3) is 5.86. The minimum absolute atomic E-state index is 0.0306. The second kappa shape index (κ2) is 10.5. The van der Waals surface area contributed by atoms with Gasteiger partial charge in [-0.3, -0.25) is 10.1 Å². The molecule has 1 amide bonds. The van der Waals surface area contributed by atoms with Gasteiger partial charge in [0.15, 0.2) is 20.0 Å². The highest BCUT2D eigenvalue weighted by atomic mass is 32.2. The summed E-state index contributed by atoms with van der Waals surface area (Å²) in [5.41, 5.74) is 0.940. The first kappa shape index (κ1) is 25.9. The van der Waals surface area contributed by atoms with Crippen LogP contribution in [0.4, 0.5) is 5.13 Å². The number of fused-ring (bicyclic) bond motifs is 1. The Morgan fingerprint density at radius 2 is 1.87 bits per heavy atom. The number of hydrogen-bond donors (Lipinski definition) is 1. The SMILES string of the molecule is CCOc1ccc2nc(NC(=O)c3cc(Oc4ccc(S(=O)(=O)C5CC5)nc4)cc(OC(C)C)c3)sc2n1. The van der Waals surface area contributed by atoms with Gasteiger partial charge in [-0.05, 0) is 63.9 Å². The van der Waals surface area contributed by atoms with Gasteiger partial charge in [-0.2, -0.15) is 0 Å². The van der Waals surface area contributed by atoms with Gasteiger partial charge in [0, 0.05) is 17.7 Å². The predicted octanol–water partition coefficient (Wildman–Crippen LogP) is 5.25. The third-order valence-corrected chi connectivity index (χ3v) is 8.51.